The zero-order valence-corrected chi connectivity index (χ0v) is 8.24. The number of nitro groups is 1. The molecule has 7 heteroatoms. The van der Waals surface area contributed by atoms with Gasteiger partial charge in [-0.2, -0.15) is 0 Å². The van der Waals surface area contributed by atoms with Gasteiger partial charge in [0.2, 0.25) is 6.04 Å². The molecule has 0 heterocycles. The topological polar surface area (TPSA) is 102 Å². The minimum atomic E-state index is -0.731. The molecule has 0 spiro atoms. The van der Waals surface area contributed by atoms with Gasteiger partial charge in [-0.05, 0) is 18.8 Å². The van der Waals surface area contributed by atoms with Gasteiger partial charge in [0.1, 0.15) is 0 Å². The van der Waals surface area contributed by atoms with Crippen LogP contribution in [0.4, 0.5) is 0 Å². The number of nitrogens with zero attached hydrogens (tertiary/aromatic N) is 1. The third-order valence-electron chi connectivity index (χ3n) is 3.00. The Bertz CT molecular complexity index is 209. The molecule has 0 aromatic rings. The van der Waals surface area contributed by atoms with E-state index in [4.69, 9.17) is 10.5 Å². The smallest absolute Gasteiger partial charge is 0.218 e. The van der Waals surface area contributed by atoms with E-state index in [9.17, 15) is 10.1 Å². The molecule has 2 N–H and O–H groups in total. The van der Waals surface area contributed by atoms with Crippen molar-refractivity contribution in [3.8, 4) is 0 Å². The summed E-state index contributed by atoms with van der Waals surface area (Å²) in [6.45, 7) is -0.0575. The average molecular weight is 221 g/mol. The van der Waals surface area contributed by atoms with Crippen LogP contribution in [0.2, 0.25) is 0 Å². The molecule has 3 atom stereocenters. The third-order valence-corrected chi connectivity index (χ3v) is 3.00. The van der Waals surface area contributed by atoms with E-state index in [0.717, 1.165) is 12.8 Å². The van der Waals surface area contributed by atoms with Crippen LogP contribution < -0.4 is 0 Å². The maximum absolute atomic E-state index is 10.8. The van der Waals surface area contributed by atoms with E-state index in [1.165, 1.54) is 0 Å². The van der Waals surface area contributed by atoms with Gasteiger partial charge in [-0.25, -0.2) is 9.78 Å². The van der Waals surface area contributed by atoms with Gasteiger partial charge in [-0.1, -0.05) is 0 Å². The molecule has 0 aromatic carbocycles. The lowest BCUT2D eigenvalue weighted by atomic mass is 9.77. The first kappa shape index (κ1) is 12.3. The van der Waals surface area contributed by atoms with Crippen LogP contribution in [0, 0.1) is 22.0 Å². The molecule has 1 saturated carbocycles. The fourth-order valence-corrected chi connectivity index (χ4v) is 2.23. The zero-order valence-electron chi connectivity index (χ0n) is 8.24. The van der Waals surface area contributed by atoms with Crippen molar-refractivity contribution in [1.29, 1.82) is 0 Å². The molecule has 1 rings (SSSR count). The molecule has 0 radical (unpaired) electrons. The van der Waals surface area contributed by atoms with Crippen LogP contribution >= 0.6 is 0 Å². The number of rotatable bonds is 5. The maximum atomic E-state index is 10.8. The molecule has 0 aromatic heterocycles. The Hall–Kier alpha value is -0.760. The van der Waals surface area contributed by atoms with Gasteiger partial charge in [0.05, 0.1) is 19.1 Å². The summed E-state index contributed by atoms with van der Waals surface area (Å²) >= 11 is 0. The molecular weight excluding hydrogens is 206 g/mol. The van der Waals surface area contributed by atoms with E-state index in [1.54, 1.807) is 0 Å². The second kappa shape index (κ2) is 5.96. The molecule has 1 aliphatic carbocycles. The SMILES string of the molecule is O=[N+]([O-])C1CCCC(COO)C1COO. The Kier molecular flexibility index (Phi) is 4.89. The summed E-state index contributed by atoms with van der Waals surface area (Å²) in [6.07, 6.45) is 1.93. The van der Waals surface area contributed by atoms with E-state index in [-0.39, 0.29) is 24.1 Å². The van der Waals surface area contributed by atoms with Crippen LogP contribution in [-0.2, 0) is 9.78 Å². The second-order valence-electron chi connectivity index (χ2n) is 3.80. The molecule has 7 nitrogen and oxygen atoms in total. The fraction of sp³-hybridized carbons (Fsp3) is 1.00. The first-order valence-electron chi connectivity index (χ1n) is 4.87. The lowest BCUT2D eigenvalue weighted by Crippen LogP contribution is -2.42. The molecule has 0 amide bonds. The van der Waals surface area contributed by atoms with E-state index in [1.807, 2.05) is 0 Å². The van der Waals surface area contributed by atoms with Crippen molar-refractivity contribution in [3.63, 3.8) is 0 Å². The highest BCUT2D eigenvalue weighted by Crippen LogP contribution is 2.32. The van der Waals surface area contributed by atoms with Gasteiger partial charge in [-0.3, -0.25) is 20.6 Å². The van der Waals surface area contributed by atoms with Crippen molar-refractivity contribution >= 4 is 0 Å². The predicted octanol–water partition coefficient (Wildman–Crippen LogP) is 1.03. The van der Waals surface area contributed by atoms with Gasteiger partial charge in [0, 0.05) is 11.3 Å². The van der Waals surface area contributed by atoms with Crippen molar-refractivity contribution < 1.29 is 25.2 Å². The quantitative estimate of drug-likeness (QED) is 0.408. The average Bonchev–Trinajstić information content (AvgIpc) is 2.21. The first-order chi connectivity index (χ1) is 7.20. The van der Waals surface area contributed by atoms with Gasteiger partial charge in [-0.15, -0.1) is 0 Å². The molecule has 0 bridgehead atoms. The second-order valence-corrected chi connectivity index (χ2v) is 3.80. The molecule has 1 aliphatic rings. The molecule has 15 heavy (non-hydrogen) atoms. The predicted molar refractivity (Wildman–Crippen MR) is 48.8 cm³/mol. The van der Waals surface area contributed by atoms with E-state index < -0.39 is 12.0 Å². The minimum absolute atomic E-state index is 0.0400. The summed E-state index contributed by atoms with van der Waals surface area (Å²) in [5.41, 5.74) is 0. The van der Waals surface area contributed by atoms with Gasteiger partial charge in [0.15, 0.2) is 0 Å². The number of hydrogen-bond acceptors (Lipinski definition) is 6. The molecule has 3 unspecified atom stereocenters. The monoisotopic (exact) mass is 221 g/mol. The molecule has 0 aliphatic heterocycles. The normalized spacial score (nSPS) is 31.5. The summed E-state index contributed by atoms with van der Waals surface area (Å²) < 4.78 is 0. The number of hydrogen-bond donors (Lipinski definition) is 2. The Morgan fingerprint density at radius 3 is 2.47 bits per heavy atom. The Morgan fingerprint density at radius 1 is 1.27 bits per heavy atom. The highest BCUT2D eigenvalue weighted by Gasteiger charge is 2.41. The summed E-state index contributed by atoms with van der Waals surface area (Å²) in [5.74, 6) is -0.558. The van der Waals surface area contributed by atoms with Crippen LogP contribution in [0.5, 0.6) is 0 Å². The van der Waals surface area contributed by atoms with Crippen LogP contribution in [0.1, 0.15) is 19.3 Å². The first-order valence-corrected chi connectivity index (χ1v) is 4.87. The molecule has 1 fully saturated rings. The Morgan fingerprint density at radius 2 is 1.93 bits per heavy atom. The highest BCUT2D eigenvalue weighted by molar-refractivity contribution is 4.81. The summed E-state index contributed by atoms with van der Waals surface area (Å²) in [6, 6.07) is -0.731. The lowest BCUT2D eigenvalue weighted by Gasteiger charge is -2.31. The van der Waals surface area contributed by atoms with Crippen LogP contribution in [0.15, 0.2) is 0 Å². The molecular formula is C8H15NO6. The standard InChI is InChI=1S/C8H15NO6/c10-9(11)8-3-1-2-6(4-14-12)7(8)5-15-13/h6-8,12-13H,1-5H2. The highest BCUT2D eigenvalue weighted by atomic mass is 17.1. The maximum Gasteiger partial charge on any atom is 0.218 e. The Labute approximate surface area is 86.6 Å². The molecule has 88 valence electrons. The largest absolute Gasteiger partial charge is 0.264 e. The van der Waals surface area contributed by atoms with E-state index in [0.29, 0.717) is 6.42 Å². The fourth-order valence-electron chi connectivity index (χ4n) is 2.23. The summed E-state index contributed by atoms with van der Waals surface area (Å²) in [4.78, 5) is 18.4. The summed E-state index contributed by atoms with van der Waals surface area (Å²) in [7, 11) is 0. The van der Waals surface area contributed by atoms with Crippen molar-refractivity contribution in [3.05, 3.63) is 10.1 Å². The van der Waals surface area contributed by atoms with Crippen molar-refractivity contribution in [2.24, 2.45) is 11.8 Å². The zero-order chi connectivity index (χ0) is 11.3. The van der Waals surface area contributed by atoms with E-state index >= 15 is 0 Å². The lowest BCUT2D eigenvalue weighted by molar-refractivity contribution is -0.541. The van der Waals surface area contributed by atoms with Gasteiger partial charge in [0.25, 0.3) is 0 Å². The van der Waals surface area contributed by atoms with Crippen molar-refractivity contribution in [2.75, 3.05) is 13.2 Å². The van der Waals surface area contributed by atoms with Crippen LogP contribution in [0.25, 0.3) is 0 Å². The summed E-state index contributed by atoms with van der Waals surface area (Å²) in [5, 5.41) is 27.5. The van der Waals surface area contributed by atoms with Crippen molar-refractivity contribution in [1.82, 2.24) is 0 Å². The van der Waals surface area contributed by atoms with Gasteiger partial charge >= 0.3 is 0 Å². The van der Waals surface area contributed by atoms with E-state index in [2.05, 4.69) is 9.78 Å². The third kappa shape index (κ3) is 3.10. The molecule has 0 saturated heterocycles. The van der Waals surface area contributed by atoms with Crippen molar-refractivity contribution in [2.45, 2.75) is 25.3 Å². The van der Waals surface area contributed by atoms with Gasteiger partial charge < -0.3 is 0 Å². The minimum Gasteiger partial charge on any atom is -0.264 e. The van der Waals surface area contributed by atoms with Crippen LogP contribution in [-0.4, -0.2) is 34.7 Å². The van der Waals surface area contributed by atoms with Crippen LogP contribution in [0.3, 0.4) is 0 Å². The Balaban J connectivity index is 2.66.